The molecule has 0 saturated carbocycles. The van der Waals surface area contributed by atoms with Crippen LogP contribution in [-0.4, -0.2) is 25.6 Å². The van der Waals surface area contributed by atoms with Crippen molar-refractivity contribution in [3.63, 3.8) is 0 Å². The van der Waals surface area contributed by atoms with E-state index in [1.165, 1.54) is 6.92 Å². The number of rotatable bonds is 3. The SMILES string of the molecule is Cc1nc(NS(C)(=O)=O)sc1C(=O)[O-]. The number of hydrogen-bond acceptors (Lipinski definition) is 6. The average Bonchev–Trinajstić information content (AvgIpc) is 2.26. The van der Waals surface area contributed by atoms with E-state index in [-0.39, 0.29) is 15.7 Å². The Bertz CT molecular complexity index is 462. The highest BCUT2D eigenvalue weighted by atomic mass is 32.2. The van der Waals surface area contributed by atoms with Crippen LogP contribution >= 0.6 is 11.3 Å². The Morgan fingerprint density at radius 3 is 2.50 bits per heavy atom. The van der Waals surface area contributed by atoms with Gasteiger partial charge in [0.15, 0.2) is 5.13 Å². The molecule has 8 heteroatoms. The lowest BCUT2D eigenvalue weighted by atomic mass is 10.4. The number of aromatic carboxylic acids is 1. The molecule has 78 valence electrons. The number of nitrogens with zero attached hydrogens (tertiary/aromatic N) is 1. The van der Waals surface area contributed by atoms with Gasteiger partial charge in [0.1, 0.15) is 0 Å². The molecule has 1 aromatic heterocycles. The van der Waals surface area contributed by atoms with Gasteiger partial charge < -0.3 is 9.90 Å². The Morgan fingerprint density at radius 1 is 1.57 bits per heavy atom. The van der Waals surface area contributed by atoms with Gasteiger partial charge in [-0.1, -0.05) is 11.3 Å². The molecular weight excluding hydrogens is 228 g/mol. The molecule has 14 heavy (non-hydrogen) atoms. The molecule has 0 spiro atoms. The molecule has 0 aliphatic heterocycles. The van der Waals surface area contributed by atoms with Crippen molar-refractivity contribution < 1.29 is 18.3 Å². The molecule has 0 atom stereocenters. The highest BCUT2D eigenvalue weighted by Crippen LogP contribution is 2.22. The third-order valence-corrected chi connectivity index (χ3v) is 3.00. The minimum atomic E-state index is -3.42. The zero-order chi connectivity index (χ0) is 10.9. The summed E-state index contributed by atoms with van der Waals surface area (Å²) in [7, 11) is -3.42. The topological polar surface area (TPSA) is 99.2 Å². The van der Waals surface area contributed by atoms with Crippen molar-refractivity contribution in [2.24, 2.45) is 0 Å². The minimum absolute atomic E-state index is 0.0317. The van der Waals surface area contributed by atoms with E-state index in [1.54, 1.807) is 0 Å². The molecule has 1 rings (SSSR count). The molecular formula is C6H7N2O4S2-. The fourth-order valence-corrected chi connectivity index (χ4v) is 2.42. The fourth-order valence-electron chi connectivity index (χ4n) is 0.788. The van der Waals surface area contributed by atoms with Gasteiger partial charge >= 0.3 is 0 Å². The van der Waals surface area contributed by atoms with Crippen molar-refractivity contribution in [1.29, 1.82) is 0 Å². The van der Waals surface area contributed by atoms with Crippen LogP contribution in [0.4, 0.5) is 5.13 Å². The number of nitrogens with one attached hydrogen (secondary N) is 1. The van der Waals surface area contributed by atoms with Gasteiger partial charge in [-0.2, -0.15) is 0 Å². The van der Waals surface area contributed by atoms with Gasteiger partial charge in [-0.15, -0.1) is 0 Å². The summed E-state index contributed by atoms with van der Waals surface area (Å²) in [4.78, 5) is 14.1. The number of thiazole rings is 1. The van der Waals surface area contributed by atoms with Crippen molar-refractivity contribution in [3.05, 3.63) is 10.6 Å². The van der Waals surface area contributed by atoms with E-state index in [0.29, 0.717) is 0 Å². The first-order valence-electron chi connectivity index (χ1n) is 3.46. The van der Waals surface area contributed by atoms with Crippen LogP contribution < -0.4 is 9.83 Å². The summed E-state index contributed by atoms with van der Waals surface area (Å²) in [6.45, 7) is 1.47. The fraction of sp³-hybridized carbons (Fsp3) is 0.333. The zero-order valence-corrected chi connectivity index (χ0v) is 9.03. The summed E-state index contributed by atoms with van der Waals surface area (Å²) in [5.41, 5.74) is 0.237. The van der Waals surface area contributed by atoms with E-state index in [1.807, 2.05) is 0 Å². The van der Waals surface area contributed by atoms with E-state index >= 15 is 0 Å². The zero-order valence-electron chi connectivity index (χ0n) is 7.40. The van der Waals surface area contributed by atoms with Gasteiger partial charge in [-0.3, -0.25) is 4.72 Å². The number of aryl methyl sites for hydroxylation is 1. The van der Waals surface area contributed by atoms with E-state index < -0.39 is 16.0 Å². The second kappa shape index (κ2) is 3.54. The number of sulfonamides is 1. The molecule has 0 unspecified atom stereocenters. The standard InChI is InChI=1S/C6H8N2O4S2/c1-3-4(5(9)10)13-6(7-3)8-14(2,11)12/h1-2H3,(H,7,8)(H,9,10)/p-1. The lowest BCUT2D eigenvalue weighted by Gasteiger charge is -1.96. The van der Waals surface area contributed by atoms with Crippen LogP contribution in [0.5, 0.6) is 0 Å². The molecule has 0 bridgehead atoms. The normalized spacial score (nSPS) is 11.3. The molecule has 0 aliphatic rings. The lowest BCUT2D eigenvalue weighted by Crippen LogP contribution is -2.21. The van der Waals surface area contributed by atoms with Crippen LogP contribution in [0.3, 0.4) is 0 Å². The molecule has 0 radical (unpaired) electrons. The third-order valence-electron chi connectivity index (χ3n) is 1.25. The van der Waals surface area contributed by atoms with Gasteiger partial charge in [-0.25, -0.2) is 13.4 Å². The minimum Gasteiger partial charge on any atom is -0.544 e. The van der Waals surface area contributed by atoms with Crippen molar-refractivity contribution >= 4 is 32.5 Å². The first-order chi connectivity index (χ1) is 6.29. The molecule has 1 N–H and O–H groups in total. The third kappa shape index (κ3) is 2.67. The average molecular weight is 235 g/mol. The molecule has 0 saturated heterocycles. The maximum Gasteiger partial charge on any atom is 0.231 e. The molecule has 0 amide bonds. The number of carboxylic acids is 1. The Morgan fingerprint density at radius 2 is 2.14 bits per heavy atom. The highest BCUT2D eigenvalue weighted by Gasteiger charge is 2.11. The molecule has 1 aromatic rings. The van der Waals surface area contributed by atoms with Crippen molar-refractivity contribution in [2.75, 3.05) is 11.0 Å². The van der Waals surface area contributed by atoms with Crippen molar-refractivity contribution in [2.45, 2.75) is 6.92 Å². The summed E-state index contributed by atoms with van der Waals surface area (Å²) >= 11 is 0.731. The Kier molecular flexibility index (Phi) is 2.76. The Balaban J connectivity index is 3.04. The number of aromatic nitrogens is 1. The summed E-state index contributed by atoms with van der Waals surface area (Å²) in [5, 5.41) is 10.5. The summed E-state index contributed by atoms with van der Waals surface area (Å²) in [5.74, 6) is -1.36. The molecule has 0 fully saturated rings. The lowest BCUT2D eigenvalue weighted by molar-refractivity contribution is -0.254. The molecule has 0 aliphatic carbocycles. The van der Waals surface area contributed by atoms with E-state index in [2.05, 4.69) is 9.71 Å². The molecule has 0 aromatic carbocycles. The number of carboxylic acid groups (broad SMARTS) is 1. The molecule has 1 heterocycles. The number of carbonyl (C=O) groups is 1. The van der Waals surface area contributed by atoms with Gasteiger partial charge in [0, 0.05) is 0 Å². The van der Waals surface area contributed by atoms with Gasteiger partial charge in [0.2, 0.25) is 10.0 Å². The summed E-state index contributed by atoms with van der Waals surface area (Å²) in [6, 6.07) is 0. The van der Waals surface area contributed by atoms with E-state index in [9.17, 15) is 18.3 Å². The number of anilines is 1. The predicted octanol–water partition coefficient (Wildman–Crippen LogP) is -0.813. The van der Waals surface area contributed by atoms with Crippen molar-refractivity contribution in [1.82, 2.24) is 4.98 Å². The predicted molar refractivity (Wildman–Crippen MR) is 49.6 cm³/mol. The number of carbonyl (C=O) groups excluding carboxylic acids is 1. The monoisotopic (exact) mass is 235 g/mol. The molecule has 6 nitrogen and oxygen atoms in total. The first kappa shape index (κ1) is 10.9. The maximum atomic E-state index is 10.8. The van der Waals surface area contributed by atoms with Crippen molar-refractivity contribution in [3.8, 4) is 0 Å². The van der Waals surface area contributed by atoms with Gasteiger partial charge in [0.05, 0.1) is 22.8 Å². The Labute approximate surface area is 84.7 Å². The van der Waals surface area contributed by atoms with Gasteiger partial charge in [-0.05, 0) is 6.92 Å². The van der Waals surface area contributed by atoms with E-state index in [4.69, 9.17) is 0 Å². The summed E-state index contributed by atoms with van der Waals surface area (Å²) < 4.78 is 23.7. The maximum absolute atomic E-state index is 10.8. The van der Waals surface area contributed by atoms with Crippen LogP contribution in [-0.2, 0) is 10.0 Å². The Hall–Kier alpha value is -1.15. The van der Waals surface area contributed by atoms with Crippen LogP contribution in [0.1, 0.15) is 15.4 Å². The second-order valence-electron chi connectivity index (χ2n) is 2.60. The van der Waals surface area contributed by atoms with Crippen LogP contribution in [0.15, 0.2) is 0 Å². The van der Waals surface area contributed by atoms with Crippen LogP contribution in [0.2, 0.25) is 0 Å². The smallest absolute Gasteiger partial charge is 0.231 e. The second-order valence-corrected chi connectivity index (χ2v) is 5.34. The van der Waals surface area contributed by atoms with Crippen LogP contribution in [0, 0.1) is 6.92 Å². The summed E-state index contributed by atoms with van der Waals surface area (Å²) in [6.07, 6.45) is 0.961. The van der Waals surface area contributed by atoms with Crippen LogP contribution in [0.25, 0.3) is 0 Å². The largest absolute Gasteiger partial charge is 0.544 e. The van der Waals surface area contributed by atoms with E-state index in [0.717, 1.165) is 17.6 Å². The number of hydrogen-bond donors (Lipinski definition) is 1. The highest BCUT2D eigenvalue weighted by molar-refractivity contribution is 7.92. The quantitative estimate of drug-likeness (QED) is 0.738. The van der Waals surface area contributed by atoms with Gasteiger partial charge in [0.25, 0.3) is 0 Å². The first-order valence-corrected chi connectivity index (χ1v) is 6.17.